The average Bonchev–Trinajstić information content (AvgIpc) is 3.13. The largest absolute Gasteiger partial charge is 0.497 e. The van der Waals surface area contributed by atoms with Crippen LogP contribution in [0.1, 0.15) is 18.9 Å². The van der Waals surface area contributed by atoms with Crippen molar-refractivity contribution in [2.45, 2.75) is 19.4 Å². The van der Waals surface area contributed by atoms with Crippen molar-refractivity contribution < 1.29 is 23.9 Å². The number of amides is 3. The van der Waals surface area contributed by atoms with Gasteiger partial charge in [-0.2, -0.15) is 15.3 Å². The summed E-state index contributed by atoms with van der Waals surface area (Å²) in [5.41, 5.74) is 3.70. The molecule has 0 fully saturated rings. The first kappa shape index (κ1) is 20.2. The van der Waals surface area contributed by atoms with Crippen LogP contribution in [0.2, 0.25) is 0 Å². The highest BCUT2D eigenvalue weighted by Crippen LogP contribution is 2.35. The molecule has 1 N–H and O–H groups in total. The van der Waals surface area contributed by atoms with Gasteiger partial charge in [0.15, 0.2) is 0 Å². The normalized spacial score (nSPS) is 21.0. The van der Waals surface area contributed by atoms with Crippen molar-refractivity contribution in [3.05, 3.63) is 35.0 Å². The summed E-state index contributed by atoms with van der Waals surface area (Å²) in [4.78, 5) is 37.7. The lowest BCUT2D eigenvalue weighted by molar-refractivity contribution is -0.144. The number of imide groups is 1. The van der Waals surface area contributed by atoms with E-state index in [4.69, 9.17) is 9.47 Å². The molecule has 29 heavy (non-hydrogen) atoms. The van der Waals surface area contributed by atoms with Gasteiger partial charge in [-0.15, -0.1) is 0 Å². The Balaban J connectivity index is 1.66. The molecule has 2 atom stereocenters. The van der Waals surface area contributed by atoms with Crippen molar-refractivity contribution >= 4 is 23.9 Å². The quantitative estimate of drug-likeness (QED) is 0.438. The molecule has 0 aromatic heterocycles. The molecule has 3 amide bonds. The van der Waals surface area contributed by atoms with E-state index in [9.17, 15) is 14.4 Å². The third-order valence-corrected chi connectivity index (χ3v) is 4.72. The molecule has 2 aliphatic heterocycles. The first-order valence-corrected chi connectivity index (χ1v) is 8.87. The van der Waals surface area contributed by atoms with Gasteiger partial charge in [0.25, 0.3) is 5.91 Å². The van der Waals surface area contributed by atoms with Crippen LogP contribution in [0, 0.1) is 5.92 Å². The highest BCUT2D eigenvalue weighted by molar-refractivity contribution is 6.10. The fraction of sp³-hybridized carbons (Fsp3) is 0.368. The van der Waals surface area contributed by atoms with Crippen molar-refractivity contribution in [2.75, 3.05) is 21.3 Å². The minimum absolute atomic E-state index is 0.110. The molecule has 3 rings (SSSR count). The summed E-state index contributed by atoms with van der Waals surface area (Å²) in [5.74, 6) is -0.633. The maximum atomic E-state index is 12.4. The van der Waals surface area contributed by atoms with Crippen LogP contribution in [0.25, 0.3) is 0 Å². The highest BCUT2D eigenvalue weighted by Gasteiger charge is 2.43. The molecule has 0 bridgehead atoms. The molecule has 0 saturated heterocycles. The standard InChI is InChI=1S/C19H21N5O5/c1-10-17-16(19(27)24(2)18(10)26)14(21-23-17)8-15(25)22-20-9-11-5-12(28-3)7-13(6-11)29-4/h5-7,9-10,14H,8H2,1-4H3,(H,22,25)/b20-9+. The topological polar surface area (TPSA) is 122 Å². The Morgan fingerprint density at radius 2 is 1.90 bits per heavy atom. The summed E-state index contributed by atoms with van der Waals surface area (Å²) in [7, 11) is 4.48. The minimum atomic E-state index is -0.734. The second kappa shape index (κ2) is 8.21. The summed E-state index contributed by atoms with van der Waals surface area (Å²) >= 11 is 0. The first-order valence-electron chi connectivity index (χ1n) is 8.87. The average molecular weight is 399 g/mol. The predicted molar refractivity (Wildman–Crippen MR) is 103 cm³/mol. The van der Waals surface area contributed by atoms with Crippen LogP contribution in [-0.4, -0.2) is 56.1 Å². The number of nitrogens with one attached hydrogen (secondary N) is 1. The fourth-order valence-electron chi connectivity index (χ4n) is 3.12. The number of carbonyl (C=O) groups is 3. The maximum Gasteiger partial charge on any atom is 0.260 e. The van der Waals surface area contributed by atoms with E-state index in [-0.39, 0.29) is 17.9 Å². The molecule has 10 heteroatoms. The van der Waals surface area contributed by atoms with E-state index in [0.717, 1.165) is 4.90 Å². The number of carbonyl (C=O) groups excluding carboxylic acids is 3. The minimum Gasteiger partial charge on any atom is -0.497 e. The van der Waals surface area contributed by atoms with E-state index in [1.807, 2.05) is 0 Å². The van der Waals surface area contributed by atoms with Gasteiger partial charge in [-0.05, 0) is 19.1 Å². The summed E-state index contributed by atoms with van der Waals surface area (Å²) in [6.07, 6.45) is 1.34. The number of nitrogens with zero attached hydrogens (tertiary/aromatic N) is 4. The molecule has 1 aromatic rings. The van der Waals surface area contributed by atoms with Crippen molar-refractivity contribution in [3.63, 3.8) is 0 Å². The van der Waals surface area contributed by atoms with Gasteiger partial charge < -0.3 is 9.47 Å². The van der Waals surface area contributed by atoms with Gasteiger partial charge in [0.1, 0.15) is 17.5 Å². The van der Waals surface area contributed by atoms with E-state index >= 15 is 0 Å². The lowest BCUT2D eigenvalue weighted by Gasteiger charge is -2.26. The van der Waals surface area contributed by atoms with E-state index in [1.54, 1.807) is 25.1 Å². The second-order valence-electron chi connectivity index (χ2n) is 6.60. The van der Waals surface area contributed by atoms with Gasteiger partial charge in [-0.3, -0.25) is 19.3 Å². The molecule has 1 aromatic carbocycles. The number of methoxy groups -OCH3 is 2. The van der Waals surface area contributed by atoms with Gasteiger partial charge in [0, 0.05) is 18.7 Å². The summed E-state index contributed by atoms with van der Waals surface area (Å²) in [6.45, 7) is 1.66. The SMILES string of the molecule is COc1cc(/C=N/NC(=O)CC2N=NC3=C2C(=O)N(C)C(=O)C3C)cc(OC)c1. The highest BCUT2D eigenvalue weighted by atomic mass is 16.5. The molecular weight excluding hydrogens is 378 g/mol. The summed E-state index contributed by atoms with van der Waals surface area (Å²) in [6, 6.07) is 4.45. The Kier molecular flexibility index (Phi) is 5.71. The zero-order valence-electron chi connectivity index (χ0n) is 16.5. The summed E-state index contributed by atoms with van der Waals surface area (Å²) in [5, 5.41) is 11.9. The van der Waals surface area contributed by atoms with Crippen LogP contribution in [0.15, 0.2) is 44.8 Å². The van der Waals surface area contributed by atoms with Crippen molar-refractivity contribution in [1.29, 1.82) is 0 Å². The zero-order chi connectivity index (χ0) is 21.1. The summed E-state index contributed by atoms with van der Waals surface area (Å²) < 4.78 is 10.4. The number of azo groups is 1. The molecule has 10 nitrogen and oxygen atoms in total. The van der Waals surface area contributed by atoms with Crippen LogP contribution in [0.3, 0.4) is 0 Å². The number of ether oxygens (including phenoxy) is 2. The third-order valence-electron chi connectivity index (χ3n) is 4.72. The number of rotatable bonds is 6. The lowest BCUT2D eigenvalue weighted by atomic mass is 9.91. The Bertz CT molecular complexity index is 930. The molecule has 2 aliphatic rings. The van der Waals surface area contributed by atoms with Crippen molar-refractivity contribution in [2.24, 2.45) is 21.2 Å². The molecule has 0 spiro atoms. The number of hydrazone groups is 1. The number of benzene rings is 1. The van der Waals surface area contributed by atoms with Crippen LogP contribution < -0.4 is 14.9 Å². The molecule has 2 unspecified atom stereocenters. The van der Waals surface area contributed by atoms with Crippen LogP contribution in [0.5, 0.6) is 11.5 Å². The van der Waals surface area contributed by atoms with Crippen molar-refractivity contribution in [1.82, 2.24) is 10.3 Å². The van der Waals surface area contributed by atoms with E-state index in [2.05, 4.69) is 20.8 Å². The zero-order valence-corrected chi connectivity index (χ0v) is 16.5. The molecular formula is C19H21N5O5. The fourth-order valence-corrected chi connectivity index (χ4v) is 3.12. The van der Waals surface area contributed by atoms with Crippen LogP contribution >= 0.6 is 0 Å². The van der Waals surface area contributed by atoms with Gasteiger partial charge in [0.05, 0.1) is 44.0 Å². The Morgan fingerprint density at radius 1 is 1.24 bits per heavy atom. The molecule has 0 radical (unpaired) electrons. The monoisotopic (exact) mass is 399 g/mol. The third kappa shape index (κ3) is 4.00. The van der Waals surface area contributed by atoms with E-state index in [1.165, 1.54) is 27.5 Å². The van der Waals surface area contributed by atoms with Gasteiger partial charge >= 0.3 is 0 Å². The number of hydrogen-bond donors (Lipinski definition) is 1. The van der Waals surface area contributed by atoms with E-state index in [0.29, 0.717) is 22.8 Å². The molecule has 152 valence electrons. The predicted octanol–water partition coefficient (Wildman–Crippen LogP) is 1.27. The van der Waals surface area contributed by atoms with Gasteiger partial charge in [-0.1, -0.05) is 0 Å². The van der Waals surface area contributed by atoms with Gasteiger partial charge in [0.2, 0.25) is 11.8 Å². The molecule has 0 aliphatic carbocycles. The number of likely N-dealkylation sites (N-methyl/N-ethyl adjacent to an activating group) is 1. The van der Waals surface area contributed by atoms with E-state index < -0.39 is 23.8 Å². The Morgan fingerprint density at radius 3 is 2.52 bits per heavy atom. The van der Waals surface area contributed by atoms with Gasteiger partial charge in [-0.25, -0.2) is 5.43 Å². The van der Waals surface area contributed by atoms with Crippen LogP contribution in [0.4, 0.5) is 0 Å². The number of hydrogen-bond acceptors (Lipinski definition) is 8. The first-order chi connectivity index (χ1) is 13.8. The lowest BCUT2D eigenvalue weighted by Crippen LogP contribution is -2.44. The van der Waals surface area contributed by atoms with Crippen molar-refractivity contribution in [3.8, 4) is 11.5 Å². The second-order valence-corrected chi connectivity index (χ2v) is 6.60. The molecule has 0 saturated carbocycles. The Hall–Kier alpha value is -3.56. The Labute approximate surface area is 167 Å². The molecule has 2 heterocycles. The maximum absolute atomic E-state index is 12.4. The smallest absolute Gasteiger partial charge is 0.260 e. The van der Waals surface area contributed by atoms with Crippen LogP contribution in [-0.2, 0) is 14.4 Å².